The molecule has 0 amide bonds. The van der Waals surface area contributed by atoms with Gasteiger partial charge in [-0.15, -0.1) is 0 Å². The number of nitrogens with zero attached hydrogens (tertiary/aromatic N) is 1. The molecule has 2 N–H and O–H groups in total. The fourth-order valence-corrected chi connectivity index (χ4v) is 5.19. The normalized spacial score (nSPS) is 22.6. The zero-order valence-electron chi connectivity index (χ0n) is 10.5. The lowest BCUT2D eigenvalue weighted by Crippen LogP contribution is -2.33. The lowest BCUT2D eigenvalue weighted by atomic mass is 10.0. The van der Waals surface area contributed by atoms with E-state index in [-0.39, 0.29) is 12.0 Å². The van der Waals surface area contributed by atoms with Crippen molar-refractivity contribution in [2.75, 3.05) is 13.1 Å². The van der Waals surface area contributed by atoms with Crippen LogP contribution < -0.4 is 5.73 Å². The van der Waals surface area contributed by atoms with Gasteiger partial charge < -0.3 is 5.73 Å². The summed E-state index contributed by atoms with van der Waals surface area (Å²) in [6.07, 6.45) is 0.822. The molecule has 0 saturated carbocycles. The number of halogens is 2. The number of rotatable bonds is 3. The van der Waals surface area contributed by atoms with E-state index in [1.807, 2.05) is 6.92 Å². The van der Waals surface area contributed by atoms with E-state index in [2.05, 4.69) is 31.9 Å². The summed E-state index contributed by atoms with van der Waals surface area (Å²) in [5.74, 6) is 0.237. The average molecular weight is 412 g/mol. The van der Waals surface area contributed by atoms with Crippen molar-refractivity contribution in [2.24, 2.45) is 11.7 Å². The topological polar surface area (TPSA) is 63.4 Å². The first-order valence-electron chi connectivity index (χ1n) is 6.03. The molecule has 2 rings (SSSR count). The van der Waals surface area contributed by atoms with Gasteiger partial charge in [0.05, 0.1) is 4.90 Å². The van der Waals surface area contributed by atoms with E-state index >= 15 is 0 Å². The Labute approximate surface area is 130 Å². The average Bonchev–Trinajstić information content (AvgIpc) is 2.82. The molecule has 1 aromatic rings. The third kappa shape index (κ3) is 3.21. The van der Waals surface area contributed by atoms with Crippen LogP contribution in [-0.4, -0.2) is 31.9 Å². The van der Waals surface area contributed by atoms with Crippen molar-refractivity contribution in [1.82, 2.24) is 4.31 Å². The summed E-state index contributed by atoms with van der Waals surface area (Å²) >= 11 is 6.61. The van der Waals surface area contributed by atoms with Crippen molar-refractivity contribution in [2.45, 2.75) is 24.3 Å². The highest BCUT2D eigenvalue weighted by Crippen LogP contribution is 2.31. The minimum absolute atomic E-state index is 0.0196. The summed E-state index contributed by atoms with van der Waals surface area (Å²) in [7, 11) is -3.46. The lowest BCUT2D eigenvalue weighted by molar-refractivity contribution is 0.429. The van der Waals surface area contributed by atoms with Gasteiger partial charge >= 0.3 is 0 Å². The van der Waals surface area contributed by atoms with Crippen LogP contribution in [0.2, 0.25) is 0 Å². The van der Waals surface area contributed by atoms with E-state index in [1.165, 1.54) is 4.31 Å². The molecule has 0 bridgehead atoms. The summed E-state index contributed by atoms with van der Waals surface area (Å²) < 4.78 is 28.1. The molecule has 2 unspecified atom stereocenters. The second-order valence-electron chi connectivity index (χ2n) is 4.85. The van der Waals surface area contributed by atoms with Gasteiger partial charge in [0.1, 0.15) is 0 Å². The minimum Gasteiger partial charge on any atom is -0.328 e. The Kier molecular flexibility index (Phi) is 4.72. The van der Waals surface area contributed by atoms with E-state index in [0.717, 1.165) is 10.9 Å². The van der Waals surface area contributed by atoms with Crippen molar-refractivity contribution in [3.8, 4) is 0 Å². The molecule has 19 heavy (non-hydrogen) atoms. The smallest absolute Gasteiger partial charge is 0.244 e. The van der Waals surface area contributed by atoms with Crippen LogP contribution in [0.1, 0.15) is 13.3 Å². The summed E-state index contributed by atoms with van der Waals surface area (Å²) in [6.45, 7) is 2.96. The largest absolute Gasteiger partial charge is 0.328 e. The van der Waals surface area contributed by atoms with Gasteiger partial charge in [-0.3, -0.25) is 0 Å². The molecule has 1 heterocycles. The van der Waals surface area contributed by atoms with E-state index in [4.69, 9.17) is 5.73 Å². The first-order valence-corrected chi connectivity index (χ1v) is 9.06. The highest BCUT2D eigenvalue weighted by molar-refractivity contribution is 9.11. The third-order valence-corrected chi connectivity index (χ3v) is 6.79. The van der Waals surface area contributed by atoms with Crippen LogP contribution in [0.4, 0.5) is 0 Å². The summed E-state index contributed by atoms with van der Waals surface area (Å²) in [4.78, 5) is 0.298. The van der Waals surface area contributed by atoms with Gasteiger partial charge in [0.15, 0.2) is 0 Å². The Balaban J connectivity index is 2.31. The van der Waals surface area contributed by atoms with Crippen molar-refractivity contribution in [3.63, 3.8) is 0 Å². The van der Waals surface area contributed by atoms with Gasteiger partial charge in [0, 0.05) is 28.1 Å². The standard InChI is InChI=1S/C12H16Br2N2O2S/c1-8(15)9-4-5-16(7-9)19(17,18)12-6-10(13)2-3-11(12)14/h2-3,6,8-9H,4-5,7,15H2,1H3. The Hall–Kier alpha value is 0.0500. The monoisotopic (exact) mass is 410 g/mol. The first-order chi connectivity index (χ1) is 8.82. The SMILES string of the molecule is CC(N)C1CCN(S(=O)(=O)c2cc(Br)ccc2Br)C1. The molecule has 7 heteroatoms. The second kappa shape index (κ2) is 5.81. The number of benzene rings is 1. The molecule has 1 aliphatic rings. The van der Waals surface area contributed by atoms with Crippen LogP contribution >= 0.6 is 31.9 Å². The fourth-order valence-electron chi connectivity index (χ4n) is 2.22. The molecule has 0 aliphatic carbocycles. The molecule has 0 spiro atoms. The van der Waals surface area contributed by atoms with E-state index in [1.54, 1.807) is 18.2 Å². The molecule has 106 valence electrons. The molecule has 4 nitrogen and oxygen atoms in total. The summed E-state index contributed by atoms with van der Waals surface area (Å²) in [5, 5.41) is 0. The molecular formula is C12H16Br2N2O2S. The van der Waals surface area contributed by atoms with Crippen LogP contribution in [0, 0.1) is 5.92 Å². The van der Waals surface area contributed by atoms with Crippen LogP contribution in [0.25, 0.3) is 0 Å². The summed E-state index contributed by atoms with van der Waals surface area (Å²) in [6, 6.07) is 5.18. The maximum absolute atomic E-state index is 12.6. The predicted molar refractivity (Wildman–Crippen MR) is 82.4 cm³/mol. The number of hydrogen-bond donors (Lipinski definition) is 1. The van der Waals surface area contributed by atoms with Crippen molar-refractivity contribution < 1.29 is 8.42 Å². The second-order valence-corrected chi connectivity index (χ2v) is 8.52. The highest BCUT2D eigenvalue weighted by Gasteiger charge is 2.34. The maximum Gasteiger partial charge on any atom is 0.244 e. The zero-order valence-corrected chi connectivity index (χ0v) is 14.5. The Bertz CT molecular complexity index is 575. The van der Waals surface area contributed by atoms with Crippen molar-refractivity contribution >= 4 is 41.9 Å². The first kappa shape index (κ1) is 15.4. The van der Waals surface area contributed by atoms with E-state index in [9.17, 15) is 8.42 Å². The molecule has 2 atom stereocenters. The number of nitrogens with two attached hydrogens (primary N) is 1. The van der Waals surface area contributed by atoms with Gasteiger partial charge in [-0.25, -0.2) is 8.42 Å². The van der Waals surface area contributed by atoms with Crippen molar-refractivity contribution in [3.05, 3.63) is 27.1 Å². The minimum atomic E-state index is -3.46. The molecule has 0 radical (unpaired) electrons. The Morgan fingerprint density at radius 2 is 2.11 bits per heavy atom. The van der Waals surface area contributed by atoms with Gasteiger partial charge in [-0.1, -0.05) is 15.9 Å². The Morgan fingerprint density at radius 3 is 2.68 bits per heavy atom. The van der Waals surface area contributed by atoms with Gasteiger partial charge in [0.25, 0.3) is 0 Å². The molecular weight excluding hydrogens is 396 g/mol. The van der Waals surface area contributed by atoms with Crippen LogP contribution in [0.3, 0.4) is 0 Å². The fraction of sp³-hybridized carbons (Fsp3) is 0.500. The van der Waals surface area contributed by atoms with E-state index in [0.29, 0.717) is 22.5 Å². The quantitative estimate of drug-likeness (QED) is 0.831. The Morgan fingerprint density at radius 1 is 1.42 bits per heavy atom. The lowest BCUT2D eigenvalue weighted by Gasteiger charge is -2.19. The molecule has 1 saturated heterocycles. The predicted octanol–water partition coefficient (Wildman–Crippen LogP) is 2.57. The summed E-state index contributed by atoms with van der Waals surface area (Å²) in [5.41, 5.74) is 5.86. The highest BCUT2D eigenvalue weighted by atomic mass is 79.9. The number of sulfonamides is 1. The van der Waals surface area contributed by atoms with Crippen LogP contribution in [-0.2, 0) is 10.0 Å². The molecule has 1 fully saturated rings. The maximum atomic E-state index is 12.6. The van der Waals surface area contributed by atoms with Crippen LogP contribution in [0.15, 0.2) is 32.0 Å². The van der Waals surface area contributed by atoms with Gasteiger partial charge in [-0.2, -0.15) is 4.31 Å². The molecule has 1 aromatic carbocycles. The number of hydrogen-bond acceptors (Lipinski definition) is 3. The van der Waals surface area contributed by atoms with Gasteiger partial charge in [0.2, 0.25) is 10.0 Å². The molecule has 1 aliphatic heterocycles. The van der Waals surface area contributed by atoms with Gasteiger partial charge in [-0.05, 0) is 53.4 Å². The molecule has 0 aromatic heterocycles. The van der Waals surface area contributed by atoms with Crippen LogP contribution in [0.5, 0.6) is 0 Å². The zero-order chi connectivity index (χ0) is 14.2. The van der Waals surface area contributed by atoms with Crippen molar-refractivity contribution in [1.29, 1.82) is 0 Å². The van der Waals surface area contributed by atoms with E-state index < -0.39 is 10.0 Å². The third-order valence-electron chi connectivity index (χ3n) is 3.44.